The molecule has 4 rings (SSSR count). The van der Waals surface area contributed by atoms with Crippen molar-refractivity contribution in [2.45, 2.75) is 70.8 Å². The Labute approximate surface area is 185 Å². The van der Waals surface area contributed by atoms with Gasteiger partial charge < -0.3 is 0 Å². The average Bonchev–Trinajstić information content (AvgIpc) is 3.00. The van der Waals surface area contributed by atoms with Crippen LogP contribution in [0.2, 0.25) is 0 Å². The Hall–Kier alpha value is -1.59. The number of aryl methyl sites for hydroxylation is 2. The number of hydrazine groups is 1. The topological polar surface area (TPSA) is 47.9 Å². The third-order valence-electron chi connectivity index (χ3n) is 6.74. The van der Waals surface area contributed by atoms with Crippen LogP contribution in [0.3, 0.4) is 0 Å². The fraction of sp³-hybridized carbons (Fsp3) is 0.667. The van der Waals surface area contributed by atoms with Gasteiger partial charge in [0.15, 0.2) is 0 Å². The van der Waals surface area contributed by atoms with Gasteiger partial charge in [0, 0.05) is 31.4 Å². The lowest BCUT2D eigenvalue weighted by atomic mass is 9.87. The SMILES string of the molecule is Cc1ccc2c(c1)CCCC1C(C(=O)NN3CCCCC3)=NN(CCCCCCl)C21. The molecule has 2 unspecified atom stereocenters. The second kappa shape index (κ2) is 10.1. The molecule has 0 spiro atoms. The molecule has 1 aromatic carbocycles. The van der Waals surface area contributed by atoms with Crippen molar-refractivity contribution in [2.75, 3.05) is 25.5 Å². The second-order valence-electron chi connectivity index (χ2n) is 9.03. The number of halogens is 1. The number of unbranched alkanes of at least 4 members (excludes halogenated alkanes) is 2. The molecule has 1 aromatic rings. The highest BCUT2D eigenvalue weighted by molar-refractivity contribution is 6.40. The molecule has 2 atom stereocenters. The molecule has 3 aliphatic rings. The Balaban J connectivity index is 1.57. The van der Waals surface area contributed by atoms with Gasteiger partial charge in [-0.3, -0.25) is 15.2 Å². The van der Waals surface area contributed by atoms with E-state index in [4.69, 9.17) is 16.7 Å². The van der Waals surface area contributed by atoms with E-state index < -0.39 is 0 Å². The van der Waals surface area contributed by atoms with Crippen LogP contribution in [0.25, 0.3) is 0 Å². The lowest BCUT2D eigenvalue weighted by Crippen LogP contribution is -2.48. The molecule has 1 aliphatic carbocycles. The van der Waals surface area contributed by atoms with Crippen molar-refractivity contribution in [2.24, 2.45) is 11.0 Å². The van der Waals surface area contributed by atoms with Crippen LogP contribution in [0.4, 0.5) is 0 Å². The maximum atomic E-state index is 13.2. The fourth-order valence-corrected chi connectivity index (χ4v) is 5.40. The molecule has 0 aromatic heterocycles. The summed E-state index contributed by atoms with van der Waals surface area (Å²) in [5.74, 6) is 0.887. The monoisotopic (exact) mass is 430 g/mol. The predicted octanol–water partition coefficient (Wildman–Crippen LogP) is 4.59. The number of carbonyl (C=O) groups excluding carboxylic acids is 1. The minimum Gasteiger partial charge on any atom is -0.288 e. The van der Waals surface area contributed by atoms with Gasteiger partial charge in [0.25, 0.3) is 5.91 Å². The average molecular weight is 431 g/mol. The lowest BCUT2D eigenvalue weighted by molar-refractivity contribution is -0.120. The summed E-state index contributed by atoms with van der Waals surface area (Å²) in [4.78, 5) is 13.2. The van der Waals surface area contributed by atoms with Gasteiger partial charge in [0.2, 0.25) is 0 Å². The minimum absolute atomic E-state index is 0.00530. The van der Waals surface area contributed by atoms with Crippen LogP contribution >= 0.6 is 11.6 Å². The van der Waals surface area contributed by atoms with Crippen molar-refractivity contribution in [3.63, 3.8) is 0 Å². The van der Waals surface area contributed by atoms with Crippen molar-refractivity contribution in [3.05, 3.63) is 34.9 Å². The Morgan fingerprint density at radius 2 is 2.00 bits per heavy atom. The van der Waals surface area contributed by atoms with Gasteiger partial charge in [-0.1, -0.05) is 36.6 Å². The van der Waals surface area contributed by atoms with Crippen LogP contribution in [0.5, 0.6) is 0 Å². The Morgan fingerprint density at radius 3 is 2.80 bits per heavy atom. The molecular formula is C24H35ClN4O. The number of amides is 1. The van der Waals surface area contributed by atoms with E-state index in [1.54, 1.807) is 0 Å². The van der Waals surface area contributed by atoms with Crippen LogP contribution in [-0.4, -0.2) is 47.2 Å². The van der Waals surface area contributed by atoms with Crippen LogP contribution in [0.1, 0.15) is 74.1 Å². The molecule has 1 N–H and O–H groups in total. The number of carbonyl (C=O) groups is 1. The molecule has 0 saturated carbocycles. The molecule has 0 radical (unpaired) electrons. The molecule has 2 aliphatic heterocycles. The van der Waals surface area contributed by atoms with Crippen LogP contribution in [0.15, 0.2) is 23.3 Å². The molecule has 164 valence electrons. The number of nitrogens with zero attached hydrogens (tertiary/aromatic N) is 3. The first-order chi connectivity index (χ1) is 14.7. The number of fused-ring (bicyclic) bond motifs is 3. The standard InChI is InChI=1S/C24H35ClN4O/c1-18-11-12-20-19(17-18)9-8-10-21-22(24(30)27-28-14-5-3-6-15-28)26-29(23(20)21)16-7-2-4-13-25/h11-12,17,21,23H,2-10,13-16H2,1H3,(H,27,30). The van der Waals surface area contributed by atoms with Crippen molar-refractivity contribution in [1.82, 2.24) is 15.4 Å². The summed E-state index contributed by atoms with van der Waals surface area (Å²) in [6.45, 7) is 4.93. The van der Waals surface area contributed by atoms with Gasteiger partial charge >= 0.3 is 0 Å². The third-order valence-corrected chi connectivity index (χ3v) is 7.00. The van der Waals surface area contributed by atoms with Gasteiger partial charge in [0.1, 0.15) is 5.71 Å². The summed E-state index contributed by atoms with van der Waals surface area (Å²) < 4.78 is 0. The number of rotatable bonds is 7. The molecule has 0 bridgehead atoms. The van der Waals surface area contributed by atoms with E-state index in [1.165, 1.54) is 23.1 Å². The first-order valence-electron chi connectivity index (χ1n) is 11.7. The molecule has 1 fully saturated rings. The van der Waals surface area contributed by atoms with Gasteiger partial charge in [-0.25, -0.2) is 5.01 Å². The fourth-order valence-electron chi connectivity index (χ4n) is 5.21. The Morgan fingerprint density at radius 1 is 1.17 bits per heavy atom. The van der Waals surface area contributed by atoms with Gasteiger partial charge in [0.05, 0.1) is 6.04 Å². The molecule has 6 heteroatoms. The number of piperidine rings is 1. The molecule has 1 amide bonds. The zero-order valence-corrected chi connectivity index (χ0v) is 19.0. The summed E-state index contributed by atoms with van der Waals surface area (Å²) >= 11 is 5.87. The maximum absolute atomic E-state index is 13.2. The van der Waals surface area contributed by atoms with Crippen molar-refractivity contribution < 1.29 is 4.79 Å². The summed E-state index contributed by atoms with van der Waals surface area (Å²) in [6, 6.07) is 7.00. The van der Waals surface area contributed by atoms with E-state index in [-0.39, 0.29) is 17.9 Å². The first kappa shape index (κ1) is 21.6. The lowest BCUT2D eigenvalue weighted by Gasteiger charge is -2.29. The highest BCUT2D eigenvalue weighted by atomic mass is 35.5. The van der Waals surface area contributed by atoms with Gasteiger partial charge in [-0.2, -0.15) is 5.10 Å². The summed E-state index contributed by atoms with van der Waals surface area (Å²) in [6.07, 6.45) is 9.96. The minimum atomic E-state index is 0.00530. The molecule has 2 heterocycles. The summed E-state index contributed by atoms with van der Waals surface area (Å²) in [7, 11) is 0. The van der Waals surface area contributed by atoms with Crippen LogP contribution in [0, 0.1) is 12.8 Å². The van der Waals surface area contributed by atoms with Gasteiger partial charge in [-0.05, 0) is 63.0 Å². The first-order valence-corrected chi connectivity index (χ1v) is 12.3. The van der Waals surface area contributed by atoms with Crippen LogP contribution < -0.4 is 5.43 Å². The highest BCUT2D eigenvalue weighted by Crippen LogP contribution is 2.43. The zero-order chi connectivity index (χ0) is 20.9. The smallest absolute Gasteiger partial charge is 0.282 e. The number of hydrogen-bond donors (Lipinski definition) is 1. The molecule has 1 saturated heterocycles. The number of nitrogens with one attached hydrogen (secondary N) is 1. The van der Waals surface area contributed by atoms with E-state index in [2.05, 4.69) is 40.6 Å². The van der Waals surface area contributed by atoms with E-state index in [0.717, 1.165) is 76.7 Å². The Bertz CT molecular complexity index is 774. The highest BCUT2D eigenvalue weighted by Gasteiger charge is 2.43. The third kappa shape index (κ3) is 4.83. The predicted molar refractivity (Wildman–Crippen MR) is 123 cm³/mol. The summed E-state index contributed by atoms with van der Waals surface area (Å²) in [5, 5.41) is 9.23. The molecule has 30 heavy (non-hydrogen) atoms. The van der Waals surface area contributed by atoms with Gasteiger partial charge in [-0.15, -0.1) is 11.6 Å². The summed E-state index contributed by atoms with van der Waals surface area (Å²) in [5.41, 5.74) is 8.00. The Kier molecular flexibility index (Phi) is 7.32. The normalized spacial score (nSPS) is 24.1. The van der Waals surface area contributed by atoms with E-state index >= 15 is 0 Å². The molecule has 5 nitrogen and oxygen atoms in total. The second-order valence-corrected chi connectivity index (χ2v) is 9.41. The zero-order valence-electron chi connectivity index (χ0n) is 18.2. The van der Waals surface area contributed by atoms with E-state index in [9.17, 15) is 4.79 Å². The van der Waals surface area contributed by atoms with Crippen molar-refractivity contribution in [3.8, 4) is 0 Å². The quantitative estimate of drug-likeness (QED) is 0.508. The van der Waals surface area contributed by atoms with Crippen molar-refractivity contribution >= 4 is 23.2 Å². The number of alkyl halides is 1. The van der Waals surface area contributed by atoms with E-state index in [1.807, 2.05) is 0 Å². The number of hydrogen-bond acceptors (Lipinski definition) is 4. The number of benzene rings is 1. The largest absolute Gasteiger partial charge is 0.288 e. The van der Waals surface area contributed by atoms with Crippen molar-refractivity contribution in [1.29, 1.82) is 0 Å². The maximum Gasteiger partial charge on any atom is 0.282 e. The number of hydrazone groups is 1. The molecular weight excluding hydrogens is 396 g/mol. The van der Waals surface area contributed by atoms with E-state index in [0.29, 0.717) is 5.88 Å². The van der Waals surface area contributed by atoms with Crippen LogP contribution in [-0.2, 0) is 11.2 Å².